The Hall–Kier alpha value is -4.79. The number of fused-ring (bicyclic) bond motifs is 1. The third-order valence-corrected chi connectivity index (χ3v) is 8.79. The van der Waals surface area contributed by atoms with Crippen LogP contribution in [0, 0.1) is 18.7 Å². The van der Waals surface area contributed by atoms with Crippen molar-refractivity contribution < 1.29 is 13.9 Å². The Balaban J connectivity index is 1.06. The number of carbonyl (C=O) groups is 1. The van der Waals surface area contributed by atoms with Gasteiger partial charge in [0.05, 0.1) is 48.1 Å². The highest BCUT2D eigenvalue weighted by Crippen LogP contribution is 2.40. The first-order chi connectivity index (χ1) is 21.8. The van der Waals surface area contributed by atoms with Crippen LogP contribution < -0.4 is 10.6 Å². The summed E-state index contributed by atoms with van der Waals surface area (Å²) in [5.74, 6) is 2.46. The minimum Gasteiger partial charge on any atom is -0.368 e. The Morgan fingerprint density at radius 1 is 1.13 bits per heavy atom. The summed E-state index contributed by atoms with van der Waals surface area (Å²) < 4.78 is 22.5. The number of aromatic amines is 1. The highest BCUT2D eigenvalue weighted by molar-refractivity contribution is 5.88. The number of methoxy groups -OCH3 is 1. The van der Waals surface area contributed by atoms with Gasteiger partial charge in [-0.05, 0) is 58.3 Å². The lowest BCUT2D eigenvalue weighted by Gasteiger charge is -2.38. The molecule has 5 aromatic rings. The van der Waals surface area contributed by atoms with Gasteiger partial charge in [-0.15, -0.1) is 0 Å². The van der Waals surface area contributed by atoms with E-state index in [1.54, 1.807) is 13.3 Å². The maximum Gasteiger partial charge on any atom is 0.252 e. The molecule has 0 aliphatic heterocycles. The lowest BCUT2D eigenvalue weighted by Crippen LogP contribution is -2.51. The molecule has 7 rings (SSSR count). The predicted octanol–water partition coefficient (Wildman–Crippen LogP) is 4.05. The second kappa shape index (κ2) is 11.6. The molecule has 0 saturated heterocycles. The van der Waals surface area contributed by atoms with Crippen LogP contribution in [-0.2, 0) is 16.1 Å². The van der Waals surface area contributed by atoms with Crippen LogP contribution in [0.3, 0.4) is 0 Å². The molecule has 3 N–H and O–H groups in total. The number of H-pyrrole nitrogens is 1. The number of hydrogen-bond acceptors (Lipinski definition) is 10. The number of rotatable bonds is 10. The standard InChI is InChI=1S/C30H35FN12O2/c1-17-10-24(41-40-17)37-27-22-12-35-43(15-19-4-5-19)28(22)39-26(38-27)20-6-8-30(45-3,9-7-20)29(44)36-18(2)23-13-33-25(14-32-23)42-16-21(31)11-34-42/h10-14,16,18-20H,4-9,15H2,1-3H3,(H,36,44)(H2,37,38,39,40,41)/t18-,20-,30-/m0/s1. The maximum atomic E-state index is 13.6. The van der Waals surface area contributed by atoms with Crippen molar-refractivity contribution in [1.29, 1.82) is 0 Å². The molecular weight excluding hydrogens is 579 g/mol. The lowest BCUT2D eigenvalue weighted by atomic mass is 9.77. The summed E-state index contributed by atoms with van der Waals surface area (Å²) in [7, 11) is 1.58. The number of nitrogens with zero attached hydrogens (tertiary/aromatic N) is 9. The average molecular weight is 615 g/mol. The van der Waals surface area contributed by atoms with Crippen molar-refractivity contribution in [2.75, 3.05) is 12.4 Å². The van der Waals surface area contributed by atoms with Crippen LogP contribution >= 0.6 is 0 Å². The fourth-order valence-electron chi connectivity index (χ4n) is 5.90. The Morgan fingerprint density at radius 3 is 2.60 bits per heavy atom. The minimum absolute atomic E-state index is 0.0409. The van der Waals surface area contributed by atoms with Gasteiger partial charge < -0.3 is 15.4 Å². The minimum atomic E-state index is -0.990. The average Bonchev–Trinajstić information content (AvgIpc) is 3.37. The SMILES string of the molecule is CO[C@]1(C(=O)N[C@@H](C)c2cnc(-n3cc(F)cn3)cn2)CC[C@@H](c2nc(Nc3cc(C)[nH]n3)c3cnn(CC4CC4)c3n2)CC1. The molecule has 0 bridgehead atoms. The van der Waals surface area contributed by atoms with E-state index >= 15 is 0 Å². The molecule has 15 heteroatoms. The van der Waals surface area contributed by atoms with Crippen LogP contribution in [0.25, 0.3) is 16.9 Å². The number of carbonyl (C=O) groups excluding carboxylic acids is 1. The van der Waals surface area contributed by atoms with E-state index in [4.69, 9.17) is 14.7 Å². The molecular formula is C30H35FN12O2. The van der Waals surface area contributed by atoms with Gasteiger partial charge in [0.15, 0.2) is 23.1 Å². The van der Waals surface area contributed by atoms with Crippen molar-refractivity contribution in [3.8, 4) is 5.82 Å². The van der Waals surface area contributed by atoms with Gasteiger partial charge in [-0.25, -0.2) is 28.7 Å². The van der Waals surface area contributed by atoms with E-state index < -0.39 is 17.5 Å². The van der Waals surface area contributed by atoms with Crippen molar-refractivity contribution in [3.05, 3.63) is 60.1 Å². The van der Waals surface area contributed by atoms with Gasteiger partial charge in [-0.1, -0.05) is 0 Å². The van der Waals surface area contributed by atoms with Gasteiger partial charge in [0.2, 0.25) is 0 Å². The van der Waals surface area contributed by atoms with E-state index in [-0.39, 0.29) is 11.8 Å². The van der Waals surface area contributed by atoms with E-state index in [0.29, 0.717) is 54.7 Å². The van der Waals surface area contributed by atoms with E-state index in [1.165, 1.54) is 29.9 Å². The summed E-state index contributed by atoms with van der Waals surface area (Å²) in [5.41, 5.74) is 1.33. The largest absolute Gasteiger partial charge is 0.368 e. The third kappa shape index (κ3) is 5.87. The molecule has 2 fully saturated rings. The van der Waals surface area contributed by atoms with Crippen molar-refractivity contribution in [3.63, 3.8) is 0 Å². The number of halogens is 1. The molecule has 0 aromatic carbocycles. The number of aromatic nitrogens is 10. The van der Waals surface area contributed by atoms with Crippen molar-refractivity contribution in [2.45, 2.75) is 76.5 Å². The summed E-state index contributed by atoms with van der Waals surface area (Å²) in [4.78, 5) is 32.3. The summed E-state index contributed by atoms with van der Waals surface area (Å²) >= 11 is 0. The number of nitrogens with one attached hydrogen (secondary N) is 3. The number of ether oxygens (including phenoxy) is 1. The molecule has 0 spiro atoms. The first kappa shape index (κ1) is 29.0. The van der Waals surface area contributed by atoms with Crippen LogP contribution in [0.15, 0.2) is 37.1 Å². The summed E-state index contributed by atoms with van der Waals surface area (Å²) in [6.07, 6.45) is 12.0. The van der Waals surface area contributed by atoms with Gasteiger partial charge in [0, 0.05) is 31.3 Å². The number of aryl methyl sites for hydroxylation is 1. The van der Waals surface area contributed by atoms with Crippen LogP contribution in [0.4, 0.5) is 16.0 Å². The van der Waals surface area contributed by atoms with Crippen LogP contribution in [0.5, 0.6) is 0 Å². The summed E-state index contributed by atoms with van der Waals surface area (Å²) in [5, 5.41) is 23.1. The van der Waals surface area contributed by atoms with E-state index in [0.717, 1.165) is 35.3 Å². The van der Waals surface area contributed by atoms with Crippen molar-refractivity contribution in [1.82, 2.24) is 55.0 Å². The monoisotopic (exact) mass is 614 g/mol. The zero-order valence-corrected chi connectivity index (χ0v) is 25.4. The Bertz CT molecular complexity index is 1820. The molecule has 5 heterocycles. The van der Waals surface area contributed by atoms with Gasteiger partial charge in [0.25, 0.3) is 5.91 Å². The Labute approximate surface area is 258 Å². The molecule has 5 aromatic heterocycles. The Morgan fingerprint density at radius 2 is 1.96 bits per heavy atom. The van der Waals surface area contributed by atoms with E-state index in [2.05, 4.69) is 41.0 Å². The van der Waals surface area contributed by atoms with Crippen LogP contribution in [0.2, 0.25) is 0 Å². The quantitative estimate of drug-likeness (QED) is 0.209. The normalized spacial score (nSPS) is 20.8. The van der Waals surface area contributed by atoms with Crippen molar-refractivity contribution >= 4 is 28.6 Å². The van der Waals surface area contributed by atoms with E-state index in [9.17, 15) is 9.18 Å². The van der Waals surface area contributed by atoms with Crippen LogP contribution in [0.1, 0.15) is 74.6 Å². The molecule has 2 aliphatic carbocycles. The summed E-state index contributed by atoms with van der Waals surface area (Å²) in [6.45, 7) is 4.63. The summed E-state index contributed by atoms with van der Waals surface area (Å²) in [6, 6.07) is 1.51. The number of anilines is 2. The molecule has 2 saturated carbocycles. The molecule has 2 aliphatic rings. The number of hydrogen-bond donors (Lipinski definition) is 3. The Kier molecular flexibility index (Phi) is 7.47. The zero-order valence-electron chi connectivity index (χ0n) is 25.4. The lowest BCUT2D eigenvalue weighted by molar-refractivity contribution is -0.148. The molecule has 0 radical (unpaired) electrons. The molecule has 14 nitrogen and oxygen atoms in total. The fraction of sp³-hybridized carbons (Fsp3) is 0.467. The second-order valence-corrected chi connectivity index (χ2v) is 12.1. The first-order valence-electron chi connectivity index (χ1n) is 15.2. The first-order valence-corrected chi connectivity index (χ1v) is 15.2. The van der Waals surface area contributed by atoms with Gasteiger partial charge in [-0.2, -0.15) is 15.3 Å². The molecule has 1 atom stereocenters. The molecule has 1 amide bonds. The van der Waals surface area contributed by atoms with Crippen molar-refractivity contribution in [2.24, 2.45) is 5.92 Å². The van der Waals surface area contributed by atoms with Crippen LogP contribution in [-0.4, -0.2) is 68.3 Å². The third-order valence-electron chi connectivity index (χ3n) is 8.79. The molecule has 45 heavy (non-hydrogen) atoms. The second-order valence-electron chi connectivity index (χ2n) is 12.1. The topological polar surface area (TPSA) is 166 Å². The molecule has 0 unspecified atom stereocenters. The highest BCUT2D eigenvalue weighted by atomic mass is 19.1. The highest BCUT2D eigenvalue weighted by Gasteiger charge is 2.43. The predicted molar refractivity (Wildman–Crippen MR) is 161 cm³/mol. The van der Waals surface area contributed by atoms with Gasteiger partial charge >= 0.3 is 0 Å². The maximum absolute atomic E-state index is 13.6. The fourth-order valence-corrected chi connectivity index (χ4v) is 5.90. The van der Waals surface area contributed by atoms with Gasteiger partial charge in [-0.3, -0.25) is 14.9 Å². The van der Waals surface area contributed by atoms with Gasteiger partial charge in [0.1, 0.15) is 17.2 Å². The zero-order chi connectivity index (χ0) is 31.1. The number of amides is 1. The van der Waals surface area contributed by atoms with E-state index in [1.807, 2.05) is 30.8 Å². The smallest absolute Gasteiger partial charge is 0.252 e. The molecule has 234 valence electrons.